The molecule has 2 aliphatic heterocycles. The third-order valence-corrected chi connectivity index (χ3v) is 14.5. The van der Waals surface area contributed by atoms with Crippen molar-refractivity contribution in [2.45, 2.75) is 59.2 Å². The van der Waals surface area contributed by atoms with Crippen LogP contribution < -0.4 is 19.8 Å². The summed E-state index contributed by atoms with van der Waals surface area (Å²) in [6.07, 6.45) is 0. The van der Waals surface area contributed by atoms with E-state index in [1.807, 2.05) is 81.9 Å². The molecule has 8 aromatic carbocycles. The number of nitrogens with zero attached hydrogens (tertiary/aromatic N) is 5. The molecule has 71 heavy (non-hydrogen) atoms. The summed E-state index contributed by atoms with van der Waals surface area (Å²) in [5.41, 5.74) is 11.6. The summed E-state index contributed by atoms with van der Waals surface area (Å²) in [6, 6.07) is 56.3. The monoisotopic (exact) mass is 1110 g/mol. The van der Waals surface area contributed by atoms with E-state index in [9.17, 15) is 2.74 Å². The Hall–Kier alpha value is -7.47. The molecule has 0 amide bonds. The van der Waals surface area contributed by atoms with Crippen LogP contribution in [0.3, 0.4) is 0 Å². The van der Waals surface area contributed by atoms with Gasteiger partial charge in [-0.25, -0.2) is 0 Å². The quantitative estimate of drug-likeness (QED) is 0.118. The molecule has 8 heteroatoms. The van der Waals surface area contributed by atoms with Crippen LogP contribution in [-0.4, -0.2) is 21.1 Å². The van der Waals surface area contributed by atoms with Crippen molar-refractivity contribution in [2.24, 2.45) is 0 Å². The van der Waals surface area contributed by atoms with E-state index >= 15 is 0 Å². The number of anilines is 4. The zero-order valence-corrected chi connectivity index (χ0v) is 42.3. The van der Waals surface area contributed by atoms with Crippen molar-refractivity contribution in [3.05, 3.63) is 221 Å². The first-order valence-corrected chi connectivity index (χ1v) is 24.8. The first-order chi connectivity index (χ1) is 37.6. The number of aryl methyl sites for hydroxylation is 1. The molecule has 10 aromatic rings. The van der Waals surface area contributed by atoms with Crippen LogP contribution in [0.4, 0.5) is 22.9 Å². The van der Waals surface area contributed by atoms with Gasteiger partial charge in [-0.05, 0) is 11.6 Å². The summed E-state index contributed by atoms with van der Waals surface area (Å²) in [6.45, 7) is 9.92. The molecule has 0 N–H and O–H groups in total. The van der Waals surface area contributed by atoms with Crippen LogP contribution in [0.15, 0.2) is 188 Å². The zero-order valence-electron chi connectivity index (χ0n) is 48.0. The van der Waals surface area contributed by atoms with Gasteiger partial charge in [-0.1, -0.05) is 42.5 Å². The van der Waals surface area contributed by atoms with Gasteiger partial charge in [-0.2, -0.15) is 12.1 Å². The van der Waals surface area contributed by atoms with Gasteiger partial charge in [-0.3, -0.25) is 0 Å². The summed E-state index contributed by atoms with van der Waals surface area (Å²) in [5, 5.41) is 0. The van der Waals surface area contributed by atoms with Crippen LogP contribution in [0.5, 0.6) is 11.6 Å². The first kappa shape index (κ1) is 36.5. The SMILES string of the molecule is [2H]c1c([2H])c([2H])c(-c2cc(C([2H])([2H])[2H])cc(-c3cc(C(C)(C)C)cc(C(C)(C)C)c3)c2-n2[c](=[Pt])n(-c3[c-]c(Oc4cccc(N5B6c7ccccc7-c7ccccc7N6c6ccc[c-]c65)n4)ccc3)c3ccccc32)c([2H])c1[2H]. The first-order valence-electron chi connectivity index (χ1n) is 27.7. The molecule has 0 bridgehead atoms. The Labute approximate surface area is 439 Å². The van der Waals surface area contributed by atoms with Crippen molar-refractivity contribution in [1.29, 1.82) is 0 Å². The normalized spacial score (nSPS) is 14.8. The van der Waals surface area contributed by atoms with Gasteiger partial charge in [-0.15, -0.1) is 6.07 Å². The number of ether oxygens (including phenoxy) is 1. The molecule has 12 rings (SSSR count). The van der Waals surface area contributed by atoms with Crippen LogP contribution in [-0.2, 0) is 30.2 Å². The Morgan fingerprint density at radius 3 is 2.03 bits per heavy atom. The van der Waals surface area contributed by atoms with E-state index in [0.717, 1.165) is 50.3 Å². The second kappa shape index (κ2) is 17.1. The Morgan fingerprint density at radius 1 is 0.620 bits per heavy atom. The van der Waals surface area contributed by atoms with Crippen LogP contribution in [0, 0.1) is 22.8 Å². The van der Waals surface area contributed by atoms with Crippen molar-refractivity contribution in [1.82, 2.24) is 14.1 Å². The van der Waals surface area contributed by atoms with Crippen LogP contribution >= 0.6 is 0 Å². The number of benzene rings is 8. The topological polar surface area (TPSA) is 38.5 Å². The van der Waals surface area contributed by atoms with Gasteiger partial charge >= 0.3 is 358 Å². The third kappa shape index (κ3) is 7.70. The number of hydrogen-bond donors (Lipinski definition) is 0. The third-order valence-electron chi connectivity index (χ3n) is 13.4. The van der Waals surface area contributed by atoms with E-state index in [1.165, 1.54) is 6.07 Å². The van der Waals surface area contributed by atoms with Gasteiger partial charge in [0.15, 0.2) is 0 Å². The molecule has 0 atom stereocenters. The summed E-state index contributed by atoms with van der Waals surface area (Å²) >= 11 is 2.26. The van der Waals surface area contributed by atoms with E-state index in [2.05, 4.69) is 155 Å². The molecule has 4 heterocycles. The van der Waals surface area contributed by atoms with Gasteiger partial charge in [0.2, 0.25) is 0 Å². The number of imidazole rings is 1. The van der Waals surface area contributed by atoms with Gasteiger partial charge in [0.05, 0.1) is 0 Å². The molecule has 0 saturated heterocycles. The molecule has 0 unspecified atom stereocenters. The predicted octanol–water partition coefficient (Wildman–Crippen LogP) is 15.2. The number of rotatable bonds is 7. The minimum absolute atomic E-state index is 0.0415. The number of aromatic nitrogens is 3. The Bertz CT molecular complexity index is 4160. The second-order valence-corrected chi connectivity index (χ2v) is 21.1. The Balaban J connectivity index is 1.03. The van der Waals surface area contributed by atoms with E-state index in [4.69, 9.17) is 17.9 Å². The average Bonchev–Trinajstić information content (AvgIpc) is 4.07. The van der Waals surface area contributed by atoms with Crippen molar-refractivity contribution >= 4 is 46.4 Å². The molecule has 0 spiro atoms. The number of fused-ring (bicyclic) bond motifs is 9. The average molecular weight is 1110 g/mol. The van der Waals surface area contributed by atoms with E-state index in [0.29, 0.717) is 49.3 Å². The molecule has 0 radical (unpaired) electrons. The summed E-state index contributed by atoms with van der Waals surface area (Å²) in [5.74, 6) is 1.41. The minimum atomic E-state index is -2.65. The van der Waals surface area contributed by atoms with Crippen molar-refractivity contribution in [3.8, 4) is 56.4 Å². The van der Waals surface area contributed by atoms with Crippen LogP contribution in [0.25, 0.3) is 55.8 Å². The van der Waals surface area contributed by atoms with Crippen molar-refractivity contribution in [2.75, 3.05) is 9.62 Å². The summed E-state index contributed by atoms with van der Waals surface area (Å²) < 4.78 is 82.8. The van der Waals surface area contributed by atoms with Crippen molar-refractivity contribution in [3.63, 3.8) is 0 Å². The fourth-order valence-corrected chi connectivity index (χ4v) is 11.1. The maximum absolute atomic E-state index is 9.37. The summed E-state index contributed by atoms with van der Waals surface area (Å²) in [4.78, 5) is 9.74. The maximum atomic E-state index is 9.37. The van der Waals surface area contributed by atoms with E-state index in [1.54, 1.807) is 6.07 Å². The second-order valence-electron chi connectivity index (χ2n) is 20.1. The van der Waals surface area contributed by atoms with Gasteiger partial charge in [0, 0.05) is 11.3 Å². The molecule has 6 nitrogen and oxygen atoms in total. The molecule has 350 valence electrons. The zero-order chi connectivity index (χ0) is 55.6. The van der Waals surface area contributed by atoms with Crippen molar-refractivity contribution < 1.29 is 35.1 Å². The molecular weight excluding hydrogens is 1050 g/mol. The van der Waals surface area contributed by atoms with Crippen LogP contribution in [0.1, 0.15) is 69.2 Å². The Morgan fingerprint density at radius 2 is 1.28 bits per heavy atom. The van der Waals surface area contributed by atoms with Gasteiger partial charge in [0.25, 0.3) is 0 Å². The standard InChI is InChI=1S/C63H52BN5O.Pt/c1-42-35-51(43-21-9-8-10-22-43)61(52(36-42)44-37-45(62(2,3)4)39-46(38-44)63(5,6)7)67-41-66(55-29-15-16-30-56(55)67)47-23-19-24-48(40-47)70-60-34-20-33-59(65-60)69-58-32-18-17-31-57(58)68-54-28-14-12-26-50(54)49-25-11-13-27-53(49)64(68)69;/h8-31,33-39H,1-7H3;/q-2;/i1D3,8D,9D,10D,21D,22D;. The molecule has 2 aromatic heterocycles. The number of para-hydroxylation sites is 4. The molecule has 0 fully saturated rings. The van der Waals surface area contributed by atoms with E-state index < -0.39 is 37.1 Å². The predicted molar refractivity (Wildman–Crippen MR) is 289 cm³/mol. The van der Waals surface area contributed by atoms with Crippen LogP contribution in [0.2, 0.25) is 0 Å². The molecule has 0 saturated carbocycles. The van der Waals surface area contributed by atoms with E-state index in [-0.39, 0.29) is 34.5 Å². The number of pyridine rings is 1. The van der Waals surface area contributed by atoms with Gasteiger partial charge in [0.1, 0.15) is 0 Å². The molecular formula is C63H52BN5OPt-2. The Kier molecular flexibility index (Phi) is 8.80. The molecule has 0 aliphatic carbocycles. The van der Waals surface area contributed by atoms with Gasteiger partial charge < -0.3 is 0 Å². The summed E-state index contributed by atoms with van der Waals surface area (Å²) in [7, 11) is 0. The fraction of sp³-hybridized carbons (Fsp3) is 0.143. The molecule has 2 aliphatic rings. The fourth-order valence-electron chi connectivity index (χ4n) is 10.0. The number of hydrogen-bond acceptors (Lipinski definition) is 4.